The van der Waals surface area contributed by atoms with Crippen LogP contribution >= 0.6 is 0 Å². The number of benzene rings is 1. The predicted octanol–water partition coefficient (Wildman–Crippen LogP) is 3.43. The molecule has 1 atom stereocenters. The number of halogens is 1. The van der Waals surface area contributed by atoms with Gasteiger partial charge in [0.25, 0.3) is 0 Å². The average molecular weight is 288 g/mol. The highest BCUT2D eigenvalue weighted by Gasteiger charge is 2.14. The van der Waals surface area contributed by atoms with Crippen LogP contribution in [0.3, 0.4) is 0 Å². The first-order valence-electron chi connectivity index (χ1n) is 7.12. The van der Waals surface area contributed by atoms with E-state index in [1.807, 2.05) is 25.3 Å². The first-order chi connectivity index (χ1) is 10.1. The Morgan fingerprint density at radius 1 is 1.29 bits per heavy atom. The van der Waals surface area contributed by atoms with Gasteiger partial charge in [-0.1, -0.05) is 13.0 Å². The van der Waals surface area contributed by atoms with Crippen molar-refractivity contribution in [2.45, 2.75) is 26.3 Å². The first-order valence-corrected chi connectivity index (χ1v) is 7.12. The Hall–Kier alpha value is -1.94. The normalized spacial score (nSPS) is 12.2. The largest absolute Gasteiger partial charge is 0.494 e. The Kier molecular flexibility index (Phi) is 5.28. The van der Waals surface area contributed by atoms with Gasteiger partial charge in [-0.05, 0) is 55.3 Å². The minimum atomic E-state index is -0.331. The predicted molar refractivity (Wildman–Crippen MR) is 82.0 cm³/mol. The summed E-state index contributed by atoms with van der Waals surface area (Å²) in [6, 6.07) is 9.19. The van der Waals surface area contributed by atoms with E-state index in [2.05, 4.69) is 23.3 Å². The van der Waals surface area contributed by atoms with Crippen LogP contribution in [0.15, 0.2) is 36.5 Å². The van der Waals surface area contributed by atoms with E-state index >= 15 is 0 Å². The summed E-state index contributed by atoms with van der Waals surface area (Å²) in [7, 11) is 1.47. The fourth-order valence-electron chi connectivity index (χ4n) is 2.35. The second-order valence-electron chi connectivity index (χ2n) is 5.04. The maximum absolute atomic E-state index is 13.8. The lowest BCUT2D eigenvalue weighted by molar-refractivity contribution is 0.386. The van der Waals surface area contributed by atoms with Gasteiger partial charge in [-0.2, -0.15) is 0 Å². The summed E-state index contributed by atoms with van der Waals surface area (Å²) in [5.74, 6) is -0.0603. The third-order valence-corrected chi connectivity index (χ3v) is 3.40. The Morgan fingerprint density at radius 2 is 2.10 bits per heavy atom. The Morgan fingerprint density at radius 3 is 2.71 bits per heavy atom. The van der Waals surface area contributed by atoms with Gasteiger partial charge in [0, 0.05) is 6.20 Å². The molecule has 4 heteroatoms. The number of aryl methyl sites for hydroxylation is 1. The highest BCUT2D eigenvalue weighted by atomic mass is 19.1. The minimum Gasteiger partial charge on any atom is -0.494 e. The van der Waals surface area contributed by atoms with E-state index in [0.29, 0.717) is 6.42 Å². The van der Waals surface area contributed by atoms with Crippen LogP contribution in [-0.2, 0) is 6.42 Å². The van der Waals surface area contributed by atoms with Crippen LogP contribution in [0.2, 0.25) is 0 Å². The van der Waals surface area contributed by atoms with Crippen LogP contribution in [0.5, 0.6) is 5.75 Å². The van der Waals surface area contributed by atoms with E-state index < -0.39 is 0 Å². The molecule has 1 heterocycles. The van der Waals surface area contributed by atoms with E-state index in [-0.39, 0.29) is 17.6 Å². The molecule has 0 aliphatic rings. The van der Waals surface area contributed by atoms with Gasteiger partial charge in [-0.3, -0.25) is 4.98 Å². The number of hydrogen-bond acceptors (Lipinski definition) is 3. The molecule has 0 radical (unpaired) electrons. The molecule has 0 saturated heterocycles. The average Bonchev–Trinajstić information content (AvgIpc) is 2.47. The van der Waals surface area contributed by atoms with E-state index in [0.717, 1.165) is 17.8 Å². The molecule has 0 saturated carbocycles. The second-order valence-corrected chi connectivity index (χ2v) is 5.04. The molecular formula is C17H21FN2O. The van der Waals surface area contributed by atoms with Gasteiger partial charge in [0.15, 0.2) is 11.6 Å². The lowest BCUT2D eigenvalue weighted by atomic mass is 10.0. The van der Waals surface area contributed by atoms with Crippen LogP contribution < -0.4 is 10.1 Å². The fourth-order valence-corrected chi connectivity index (χ4v) is 2.35. The zero-order chi connectivity index (χ0) is 15.2. The van der Waals surface area contributed by atoms with Crippen LogP contribution in [0.1, 0.15) is 29.8 Å². The quantitative estimate of drug-likeness (QED) is 0.884. The van der Waals surface area contributed by atoms with Crippen molar-refractivity contribution in [3.05, 3.63) is 59.2 Å². The number of rotatable bonds is 6. The number of methoxy groups -OCH3 is 1. The molecule has 2 rings (SSSR count). The zero-order valence-electron chi connectivity index (χ0n) is 12.7. The number of nitrogens with one attached hydrogen (secondary N) is 1. The number of ether oxygens (including phenoxy) is 1. The highest BCUT2D eigenvalue weighted by molar-refractivity contribution is 5.30. The summed E-state index contributed by atoms with van der Waals surface area (Å²) < 4.78 is 18.7. The van der Waals surface area contributed by atoms with Crippen molar-refractivity contribution in [1.82, 2.24) is 10.3 Å². The topological polar surface area (TPSA) is 34.1 Å². The van der Waals surface area contributed by atoms with Crippen molar-refractivity contribution in [1.29, 1.82) is 0 Å². The summed E-state index contributed by atoms with van der Waals surface area (Å²) in [6.07, 6.45) is 2.49. The van der Waals surface area contributed by atoms with Crippen LogP contribution in [-0.4, -0.2) is 18.6 Å². The van der Waals surface area contributed by atoms with Crippen molar-refractivity contribution >= 4 is 0 Å². The monoisotopic (exact) mass is 288 g/mol. The summed E-state index contributed by atoms with van der Waals surface area (Å²) >= 11 is 0. The Bertz CT molecular complexity index is 601. The van der Waals surface area contributed by atoms with Gasteiger partial charge in [0.1, 0.15) is 0 Å². The van der Waals surface area contributed by atoms with Crippen LogP contribution in [0.4, 0.5) is 4.39 Å². The van der Waals surface area contributed by atoms with Crippen LogP contribution in [0, 0.1) is 12.7 Å². The third kappa shape index (κ3) is 4.02. The van der Waals surface area contributed by atoms with Gasteiger partial charge in [0.2, 0.25) is 0 Å². The van der Waals surface area contributed by atoms with Gasteiger partial charge >= 0.3 is 0 Å². The molecule has 3 nitrogen and oxygen atoms in total. The van der Waals surface area contributed by atoms with E-state index in [9.17, 15) is 4.39 Å². The molecule has 0 bridgehead atoms. The number of pyridine rings is 1. The molecular weight excluding hydrogens is 267 g/mol. The van der Waals surface area contributed by atoms with E-state index in [1.54, 1.807) is 6.07 Å². The molecule has 112 valence electrons. The molecule has 0 aliphatic carbocycles. The highest BCUT2D eigenvalue weighted by Crippen LogP contribution is 2.22. The standard InChI is InChI=1S/C17H21FN2O/c1-4-19-16(15-9-12(2)7-8-20-15)11-13-5-6-17(21-3)14(18)10-13/h5-10,16,19H,4,11H2,1-3H3. The Labute approximate surface area is 125 Å². The maximum atomic E-state index is 13.8. The lowest BCUT2D eigenvalue weighted by Crippen LogP contribution is -2.24. The second kappa shape index (κ2) is 7.18. The van der Waals surface area contributed by atoms with Crippen molar-refractivity contribution in [3.63, 3.8) is 0 Å². The van der Waals surface area contributed by atoms with Crippen molar-refractivity contribution < 1.29 is 9.13 Å². The summed E-state index contributed by atoms with van der Waals surface area (Å²) in [6.45, 7) is 4.93. The Balaban J connectivity index is 2.22. The minimum absolute atomic E-state index is 0.0719. The van der Waals surface area contributed by atoms with Gasteiger partial charge in [0.05, 0.1) is 18.8 Å². The van der Waals surface area contributed by atoms with Crippen molar-refractivity contribution in [2.75, 3.05) is 13.7 Å². The summed E-state index contributed by atoms with van der Waals surface area (Å²) in [5.41, 5.74) is 3.07. The first kappa shape index (κ1) is 15.4. The van der Waals surface area contributed by atoms with Gasteiger partial charge in [-0.25, -0.2) is 4.39 Å². The third-order valence-electron chi connectivity index (χ3n) is 3.40. The number of nitrogens with zero attached hydrogens (tertiary/aromatic N) is 1. The number of aromatic nitrogens is 1. The van der Waals surface area contributed by atoms with E-state index in [1.165, 1.54) is 18.7 Å². The molecule has 1 N–H and O–H groups in total. The SMILES string of the molecule is CCNC(Cc1ccc(OC)c(F)c1)c1cc(C)ccn1. The molecule has 2 aromatic rings. The molecule has 1 aromatic heterocycles. The molecule has 0 aliphatic heterocycles. The summed E-state index contributed by atoms with van der Waals surface area (Å²) in [5, 5.41) is 3.41. The number of hydrogen-bond donors (Lipinski definition) is 1. The maximum Gasteiger partial charge on any atom is 0.165 e. The molecule has 21 heavy (non-hydrogen) atoms. The van der Waals surface area contributed by atoms with Gasteiger partial charge in [-0.15, -0.1) is 0 Å². The lowest BCUT2D eigenvalue weighted by Gasteiger charge is -2.18. The van der Waals surface area contributed by atoms with Crippen LogP contribution in [0.25, 0.3) is 0 Å². The van der Waals surface area contributed by atoms with E-state index in [4.69, 9.17) is 4.74 Å². The van der Waals surface area contributed by atoms with Gasteiger partial charge < -0.3 is 10.1 Å². The zero-order valence-corrected chi connectivity index (χ0v) is 12.7. The molecule has 1 aromatic carbocycles. The van der Waals surface area contributed by atoms with Crippen molar-refractivity contribution in [2.24, 2.45) is 0 Å². The smallest absolute Gasteiger partial charge is 0.165 e. The fraction of sp³-hybridized carbons (Fsp3) is 0.353. The van der Waals surface area contributed by atoms with Crippen molar-refractivity contribution in [3.8, 4) is 5.75 Å². The molecule has 0 amide bonds. The summed E-state index contributed by atoms with van der Waals surface area (Å²) in [4.78, 5) is 4.43. The number of likely N-dealkylation sites (N-methyl/N-ethyl adjacent to an activating group) is 1. The molecule has 0 fully saturated rings. The molecule has 0 spiro atoms. The molecule has 1 unspecified atom stereocenters.